The maximum atomic E-state index is 11.7. The molecule has 0 aliphatic rings. The Hall–Kier alpha value is -2.77. The summed E-state index contributed by atoms with van der Waals surface area (Å²) in [5, 5.41) is 0.649. The summed E-state index contributed by atoms with van der Waals surface area (Å²) in [6.45, 7) is 3.63. The first-order chi connectivity index (χ1) is 11.0. The molecule has 2 heterocycles. The van der Waals surface area contributed by atoms with Gasteiger partial charge in [-0.15, -0.1) is 0 Å². The van der Waals surface area contributed by atoms with Gasteiger partial charge in [0.2, 0.25) is 0 Å². The van der Waals surface area contributed by atoms with Gasteiger partial charge in [0.25, 0.3) is 5.56 Å². The van der Waals surface area contributed by atoms with Crippen LogP contribution in [0, 0.1) is 25.7 Å². The van der Waals surface area contributed by atoms with Crippen LogP contribution in [-0.4, -0.2) is 14.5 Å². The van der Waals surface area contributed by atoms with Gasteiger partial charge in [-0.05, 0) is 44.0 Å². The maximum absolute atomic E-state index is 11.7. The fourth-order valence-electron chi connectivity index (χ4n) is 2.16. The maximum Gasteiger partial charge on any atom is 0.252 e. The van der Waals surface area contributed by atoms with Crippen LogP contribution in [0.4, 0.5) is 0 Å². The molecule has 0 amide bonds. The molecule has 1 N–H and O–H groups in total. The summed E-state index contributed by atoms with van der Waals surface area (Å²) < 4.78 is 1.81. The van der Waals surface area contributed by atoms with Crippen molar-refractivity contribution >= 4 is 11.6 Å². The summed E-state index contributed by atoms with van der Waals surface area (Å²) in [5.41, 5.74) is 2.02. The van der Waals surface area contributed by atoms with Crippen molar-refractivity contribution in [1.82, 2.24) is 14.5 Å². The third kappa shape index (κ3) is 3.36. The Bertz CT molecular complexity index is 989. The second kappa shape index (κ2) is 6.15. The third-order valence-corrected chi connectivity index (χ3v) is 3.63. The number of benzene rings is 1. The molecule has 0 radical (unpaired) electrons. The van der Waals surface area contributed by atoms with E-state index in [-0.39, 0.29) is 5.56 Å². The monoisotopic (exact) mass is 323 g/mol. The minimum absolute atomic E-state index is 0.109. The van der Waals surface area contributed by atoms with Crippen molar-refractivity contribution in [1.29, 1.82) is 0 Å². The zero-order valence-electron chi connectivity index (χ0n) is 12.7. The number of rotatable bonds is 1. The molecule has 0 spiro atoms. The van der Waals surface area contributed by atoms with Gasteiger partial charge < -0.3 is 4.98 Å². The topological polar surface area (TPSA) is 50.7 Å². The average Bonchev–Trinajstić information content (AvgIpc) is 2.89. The summed E-state index contributed by atoms with van der Waals surface area (Å²) in [4.78, 5) is 19.0. The fraction of sp³-hybridized carbons (Fsp3) is 0.111. The number of halogens is 1. The van der Waals surface area contributed by atoms with Crippen LogP contribution in [0.25, 0.3) is 5.82 Å². The second-order valence-electron chi connectivity index (χ2n) is 5.16. The molecule has 0 unspecified atom stereocenters. The van der Waals surface area contributed by atoms with E-state index in [1.54, 1.807) is 31.3 Å². The van der Waals surface area contributed by atoms with E-state index in [1.807, 2.05) is 29.7 Å². The van der Waals surface area contributed by atoms with Crippen molar-refractivity contribution in [2.75, 3.05) is 0 Å². The van der Waals surface area contributed by atoms with E-state index in [2.05, 4.69) is 21.8 Å². The Morgan fingerprint density at radius 2 is 2.00 bits per heavy atom. The van der Waals surface area contributed by atoms with Crippen LogP contribution in [0.15, 0.2) is 47.4 Å². The molecule has 0 atom stereocenters. The molecule has 0 bridgehead atoms. The number of aryl methyl sites for hydroxylation is 2. The Morgan fingerprint density at radius 3 is 2.74 bits per heavy atom. The number of hydrogen-bond acceptors (Lipinski definition) is 2. The van der Waals surface area contributed by atoms with Gasteiger partial charge >= 0.3 is 0 Å². The lowest BCUT2D eigenvalue weighted by Crippen LogP contribution is -2.12. The van der Waals surface area contributed by atoms with Crippen molar-refractivity contribution in [3.8, 4) is 17.7 Å². The van der Waals surface area contributed by atoms with Gasteiger partial charge in [-0.25, -0.2) is 4.98 Å². The number of aromatic amines is 1. The highest BCUT2D eigenvalue weighted by Crippen LogP contribution is 2.11. The molecule has 0 aliphatic heterocycles. The van der Waals surface area contributed by atoms with E-state index in [0.29, 0.717) is 22.1 Å². The quantitative estimate of drug-likeness (QED) is 0.699. The Kier molecular flexibility index (Phi) is 4.05. The standard InChI is InChI=1S/C18H14ClN3O/c1-12-6-9-17(21-18(12)23)22-11-16(20-13(22)2)8-7-14-4-3-5-15(19)10-14/h3-6,9-11H,1-2H3,(H,21,23). The molecular weight excluding hydrogens is 310 g/mol. The number of aromatic nitrogens is 3. The summed E-state index contributed by atoms with van der Waals surface area (Å²) in [6, 6.07) is 11.0. The number of nitrogens with zero attached hydrogens (tertiary/aromatic N) is 2. The molecule has 23 heavy (non-hydrogen) atoms. The van der Waals surface area contributed by atoms with E-state index >= 15 is 0 Å². The second-order valence-corrected chi connectivity index (χ2v) is 5.60. The van der Waals surface area contributed by atoms with Crippen LogP contribution in [0.5, 0.6) is 0 Å². The molecule has 0 fully saturated rings. The predicted octanol–water partition coefficient (Wildman–Crippen LogP) is 3.23. The fourth-order valence-corrected chi connectivity index (χ4v) is 2.35. The van der Waals surface area contributed by atoms with Crippen molar-refractivity contribution in [2.45, 2.75) is 13.8 Å². The molecule has 0 saturated carbocycles. The van der Waals surface area contributed by atoms with Crippen molar-refractivity contribution in [3.63, 3.8) is 0 Å². The summed E-state index contributed by atoms with van der Waals surface area (Å²) in [5.74, 6) is 7.46. The number of nitrogens with one attached hydrogen (secondary N) is 1. The van der Waals surface area contributed by atoms with Crippen molar-refractivity contribution in [2.24, 2.45) is 0 Å². The van der Waals surface area contributed by atoms with Crippen LogP contribution in [0.1, 0.15) is 22.6 Å². The lowest BCUT2D eigenvalue weighted by Gasteiger charge is -2.04. The smallest absolute Gasteiger partial charge is 0.252 e. The number of pyridine rings is 1. The van der Waals surface area contributed by atoms with Crippen LogP contribution >= 0.6 is 11.6 Å². The highest BCUT2D eigenvalue weighted by molar-refractivity contribution is 6.30. The van der Waals surface area contributed by atoms with E-state index in [1.165, 1.54) is 0 Å². The first kappa shape index (κ1) is 15.1. The largest absolute Gasteiger partial charge is 0.308 e. The van der Waals surface area contributed by atoms with Gasteiger partial charge in [-0.1, -0.05) is 29.7 Å². The molecule has 0 saturated heterocycles. The Balaban J connectivity index is 1.95. The molecule has 0 aliphatic carbocycles. The van der Waals surface area contributed by atoms with Crippen molar-refractivity contribution < 1.29 is 0 Å². The van der Waals surface area contributed by atoms with Gasteiger partial charge in [0.15, 0.2) is 0 Å². The van der Waals surface area contributed by atoms with E-state index in [9.17, 15) is 4.79 Å². The minimum Gasteiger partial charge on any atom is -0.308 e. The molecule has 1 aromatic carbocycles. The SMILES string of the molecule is Cc1ccc(-n2cc(C#Cc3cccc(Cl)c3)nc2C)[nH]c1=O. The summed E-state index contributed by atoms with van der Waals surface area (Å²) in [6.07, 6.45) is 1.80. The van der Waals surface area contributed by atoms with Gasteiger partial charge in [-0.3, -0.25) is 9.36 Å². The van der Waals surface area contributed by atoms with Crippen LogP contribution < -0.4 is 5.56 Å². The highest BCUT2D eigenvalue weighted by atomic mass is 35.5. The Morgan fingerprint density at radius 1 is 1.17 bits per heavy atom. The first-order valence-corrected chi connectivity index (χ1v) is 7.44. The first-order valence-electron chi connectivity index (χ1n) is 7.07. The predicted molar refractivity (Wildman–Crippen MR) is 91.1 cm³/mol. The van der Waals surface area contributed by atoms with Gasteiger partial charge in [0, 0.05) is 22.3 Å². The molecule has 4 nitrogen and oxygen atoms in total. The van der Waals surface area contributed by atoms with Crippen LogP contribution in [0.2, 0.25) is 5.02 Å². The van der Waals surface area contributed by atoms with Crippen molar-refractivity contribution in [3.05, 3.63) is 80.6 Å². The van der Waals surface area contributed by atoms with Gasteiger partial charge in [0.05, 0.1) is 0 Å². The molecule has 3 aromatic rings. The average molecular weight is 324 g/mol. The molecule has 2 aromatic heterocycles. The minimum atomic E-state index is -0.109. The lowest BCUT2D eigenvalue weighted by molar-refractivity contribution is 0.919. The van der Waals surface area contributed by atoms with Crippen LogP contribution in [0.3, 0.4) is 0 Å². The number of imidazole rings is 1. The van der Waals surface area contributed by atoms with Gasteiger partial charge in [-0.2, -0.15) is 0 Å². The zero-order valence-corrected chi connectivity index (χ0v) is 13.5. The molecular formula is C18H14ClN3O. The van der Waals surface area contributed by atoms with E-state index in [0.717, 1.165) is 11.4 Å². The van der Waals surface area contributed by atoms with E-state index in [4.69, 9.17) is 11.6 Å². The Labute approximate surface area is 138 Å². The van der Waals surface area contributed by atoms with Crippen LogP contribution in [-0.2, 0) is 0 Å². The normalized spacial score (nSPS) is 10.2. The third-order valence-electron chi connectivity index (χ3n) is 3.39. The number of hydrogen-bond donors (Lipinski definition) is 1. The van der Waals surface area contributed by atoms with Gasteiger partial charge in [0.1, 0.15) is 17.3 Å². The lowest BCUT2D eigenvalue weighted by atomic mass is 10.2. The zero-order chi connectivity index (χ0) is 16.4. The molecule has 5 heteroatoms. The molecule has 3 rings (SSSR count). The molecule has 114 valence electrons. The number of H-pyrrole nitrogens is 1. The summed E-state index contributed by atoms with van der Waals surface area (Å²) >= 11 is 5.94. The highest BCUT2D eigenvalue weighted by Gasteiger charge is 2.06. The summed E-state index contributed by atoms with van der Waals surface area (Å²) in [7, 11) is 0. The van der Waals surface area contributed by atoms with E-state index < -0.39 is 0 Å².